The Morgan fingerprint density at radius 3 is 2.90 bits per heavy atom. The molecule has 0 aromatic heterocycles. The monoisotopic (exact) mass is 140 g/mol. The van der Waals surface area contributed by atoms with Crippen molar-refractivity contribution in [3.63, 3.8) is 0 Å². The van der Waals surface area contributed by atoms with Crippen LogP contribution in [0.3, 0.4) is 0 Å². The van der Waals surface area contributed by atoms with E-state index >= 15 is 0 Å². The summed E-state index contributed by atoms with van der Waals surface area (Å²) in [7, 11) is 0. The van der Waals surface area contributed by atoms with Crippen molar-refractivity contribution in [2.45, 2.75) is 31.2 Å². The van der Waals surface area contributed by atoms with Crippen LogP contribution < -0.4 is 5.32 Å². The third-order valence-electron chi connectivity index (χ3n) is 2.29. The molecule has 0 atom stereocenters. The topological polar surface area (TPSA) is 41.5 Å². The number of rotatable bonds is 0. The summed E-state index contributed by atoms with van der Waals surface area (Å²) in [6.07, 6.45) is 3.80. The van der Waals surface area contributed by atoms with Gasteiger partial charge in [0.1, 0.15) is 6.91 Å². The molecule has 0 aromatic rings. The van der Waals surface area contributed by atoms with E-state index in [1.165, 1.54) is 0 Å². The fourth-order valence-electron chi connectivity index (χ4n) is 1.65. The van der Waals surface area contributed by atoms with Gasteiger partial charge in [-0.15, -0.1) is 0 Å². The summed E-state index contributed by atoms with van der Waals surface area (Å²) in [5.41, 5.74) is -0.531. The van der Waals surface area contributed by atoms with Crippen LogP contribution >= 0.6 is 0 Å². The van der Waals surface area contributed by atoms with Crippen molar-refractivity contribution in [2.24, 2.45) is 4.99 Å². The molecule has 0 saturated heterocycles. The van der Waals surface area contributed by atoms with E-state index < -0.39 is 5.54 Å². The van der Waals surface area contributed by atoms with E-state index in [-0.39, 0.29) is 12.2 Å². The van der Waals surface area contributed by atoms with E-state index in [4.69, 9.17) is 1.37 Å². The molecule has 1 saturated carbocycles. The quantitative estimate of drug-likeness (QED) is 0.521. The van der Waals surface area contributed by atoms with E-state index in [9.17, 15) is 4.79 Å². The average Bonchev–Trinajstić information content (AvgIpc) is 2.45. The van der Waals surface area contributed by atoms with E-state index in [2.05, 4.69) is 10.3 Å². The molecule has 1 aliphatic heterocycles. The van der Waals surface area contributed by atoms with Gasteiger partial charge >= 0.3 is 0 Å². The summed E-state index contributed by atoms with van der Waals surface area (Å²) < 4.78 is 7.17. The van der Waals surface area contributed by atoms with Gasteiger partial charge in [0.25, 0.3) is 5.91 Å². The lowest BCUT2D eigenvalue weighted by Crippen LogP contribution is -2.35. The number of carbonyl (C=O) groups excluding carboxylic acids is 1. The number of nitrogens with one attached hydrogen (secondary N) is 1. The first-order chi connectivity index (χ1) is 5.23. The highest BCUT2D eigenvalue weighted by Crippen LogP contribution is 2.34. The van der Waals surface area contributed by atoms with E-state index in [1.807, 2.05) is 0 Å². The molecular weight excluding hydrogens is 128 g/mol. The normalized spacial score (nSPS) is 30.2. The van der Waals surface area contributed by atoms with Gasteiger partial charge in [0.2, 0.25) is 0 Å². The van der Waals surface area contributed by atoms with Gasteiger partial charge in [-0.3, -0.25) is 9.79 Å². The van der Waals surface area contributed by atoms with E-state index in [0.717, 1.165) is 25.7 Å². The molecule has 0 aromatic carbocycles. The zero-order valence-electron chi connectivity index (χ0n) is 6.68. The highest BCUT2D eigenvalue weighted by atomic mass is 16.2. The molecule has 1 spiro atoms. The molecule has 10 heavy (non-hydrogen) atoms. The van der Waals surface area contributed by atoms with Crippen molar-refractivity contribution in [1.82, 2.24) is 5.32 Å². The van der Waals surface area contributed by atoms with Gasteiger partial charge in [0.15, 0.2) is 0 Å². The predicted molar refractivity (Wildman–Crippen MR) is 37.8 cm³/mol. The van der Waals surface area contributed by atoms with Crippen molar-refractivity contribution >= 4 is 12.2 Å². The molecule has 1 heterocycles. The van der Waals surface area contributed by atoms with Crippen molar-refractivity contribution < 1.29 is 6.17 Å². The van der Waals surface area contributed by atoms with Crippen LogP contribution in [0.4, 0.5) is 0 Å². The lowest BCUT2D eigenvalue weighted by molar-refractivity contribution is -0.123. The van der Waals surface area contributed by atoms with Crippen LogP contribution in [0.2, 0.25) is 0 Å². The van der Waals surface area contributed by atoms with Gasteiger partial charge in [-0.1, -0.05) is 12.8 Å². The Labute approximate surface area is 60.9 Å². The largest absolute Gasteiger partial charge is 0.315 e. The highest BCUT2D eigenvalue weighted by molar-refractivity contribution is 6.00. The van der Waals surface area contributed by atoms with Gasteiger partial charge < -0.3 is 5.32 Å². The van der Waals surface area contributed by atoms with Crippen LogP contribution in [0.5, 0.6) is 0 Å². The number of carbonyl (C=O) groups is 1. The Morgan fingerprint density at radius 1 is 1.70 bits per heavy atom. The molecule has 0 bridgehead atoms. The Hall–Kier alpha value is -0.860. The minimum Gasteiger partial charge on any atom is -0.315 e. The highest BCUT2D eigenvalue weighted by Gasteiger charge is 2.42. The van der Waals surface area contributed by atoms with Gasteiger partial charge in [0.05, 0.1) is 6.31 Å². The van der Waals surface area contributed by atoms with Crippen LogP contribution in [-0.2, 0) is 4.79 Å². The van der Waals surface area contributed by atoms with Gasteiger partial charge in [-0.25, -0.2) is 0 Å². The van der Waals surface area contributed by atoms with Crippen LogP contribution in [0.25, 0.3) is 0 Å². The second-order valence-corrected chi connectivity index (χ2v) is 2.92. The maximum absolute atomic E-state index is 11.3. The number of aliphatic imine (C=N–C) groups is 1. The third-order valence-corrected chi connectivity index (χ3v) is 2.29. The SMILES string of the molecule is [3H]C1=NC2(CCCC2)C(=O)N1. The number of hydrogen-bond acceptors (Lipinski definition) is 2. The molecule has 1 N–H and O–H groups in total. The van der Waals surface area contributed by atoms with Crippen molar-refractivity contribution in [1.29, 1.82) is 0 Å². The minimum atomic E-state index is -0.531. The Morgan fingerprint density at radius 2 is 2.40 bits per heavy atom. The summed E-state index contributed by atoms with van der Waals surface area (Å²) in [4.78, 5) is 15.3. The zero-order valence-corrected chi connectivity index (χ0v) is 5.68. The van der Waals surface area contributed by atoms with E-state index in [0.29, 0.717) is 0 Å². The first-order valence-electron chi connectivity index (χ1n) is 4.11. The lowest BCUT2D eigenvalue weighted by atomic mass is 9.99. The average molecular weight is 140 g/mol. The number of nitrogens with zero attached hydrogens (tertiary/aromatic N) is 1. The Bertz CT molecular complexity index is 231. The zero-order chi connectivity index (χ0) is 7.90. The number of amides is 1. The van der Waals surface area contributed by atoms with Crippen molar-refractivity contribution in [2.75, 3.05) is 0 Å². The Kier molecular flexibility index (Phi) is 0.883. The molecule has 54 valence electrons. The number of amidine groups is 1. The molecule has 3 heteroatoms. The molecule has 0 unspecified atom stereocenters. The fraction of sp³-hybridized carbons (Fsp3) is 0.714. The first kappa shape index (κ1) is 4.88. The second-order valence-electron chi connectivity index (χ2n) is 2.92. The van der Waals surface area contributed by atoms with Crippen LogP contribution in [-0.4, -0.2) is 17.8 Å². The molecule has 2 rings (SSSR count). The van der Waals surface area contributed by atoms with Crippen LogP contribution in [0, 0.1) is 0 Å². The Balaban J connectivity index is 2.30. The molecule has 3 nitrogen and oxygen atoms in total. The van der Waals surface area contributed by atoms with Crippen LogP contribution in [0.15, 0.2) is 4.99 Å². The minimum absolute atomic E-state index is 0.0388. The summed E-state index contributed by atoms with van der Waals surface area (Å²) in [5, 5.41) is 2.43. The summed E-state index contributed by atoms with van der Waals surface area (Å²) in [6, 6.07) is 0. The number of hydrogen-bond donors (Lipinski definition) is 1. The van der Waals surface area contributed by atoms with Crippen LogP contribution in [0.1, 0.15) is 27.1 Å². The second kappa shape index (κ2) is 1.81. The van der Waals surface area contributed by atoms with Gasteiger partial charge in [0, 0.05) is 0 Å². The van der Waals surface area contributed by atoms with Gasteiger partial charge in [-0.05, 0) is 12.8 Å². The maximum Gasteiger partial charge on any atom is 0.253 e. The fourth-order valence-corrected chi connectivity index (χ4v) is 1.65. The summed E-state index contributed by atoms with van der Waals surface area (Å²) in [6.45, 7) is 0. The predicted octanol–water partition coefficient (Wildman–Crippen LogP) is 0.457. The third kappa shape index (κ3) is 0.602. The molecule has 2 aliphatic rings. The van der Waals surface area contributed by atoms with Crippen molar-refractivity contribution in [3.8, 4) is 0 Å². The van der Waals surface area contributed by atoms with Gasteiger partial charge in [-0.2, -0.15) is 0 Å². The molecule has 0 radical (unpaired) electrons. The molecule has 1 amide bonds. The smallest absolute Gasteiger partial charge is 0.253 e. The van der Waals surface area contributed by atoms with E-state index in [1.54, 1.807) is 0 Å². The molecular formula is C7H10N2O. The molecule has 1 fully saturated rings. The van der Waals surface area contributed by atoms with Crippen molar-refractivity contribution in [3.05, 3.63) is 0 Å². The standard InChI is InChI=1S/C7H10N2O/c10-6-7(9-5-8-6)3-1-2-4-7/h5H,1-4H2,(H,8,9,10)/i5T. The first-order valence-corrected chi connectivity index (χ1v) is 3.61. The lowest BCUT2D eigenvalue weighted by Gasteiger charge is -2.14. The summed E-state index contributed by atoms with van der Waals surface area (Å²) >= 11 is 0. The molecule has 1 aliphatic carbocycles. The summed E-state index contributed by atoms with van der Waals surface area (Å²) in [5.74, 6) is -0.0694. The maximum atomic E-state index is 11.3.